The van der Waals surface area contributed by atoms with Crippen molar-refractivity contribution in [3.8, 4) is 5.75 Å². The van der Waals surface area contributed by atoms with Crippen LogP contribution in [0.15, 0.2) is 29.2 Å². The molecule has 4 heteroatoms. The molecule has 0 radical (unpaired) electrons. The molecule has 0 spiro atoms. The number of hydrogen-bond acceptors (Lipinski definition) is 3. The lowest BCUT2D eigenvalue weighted by Gasteiger charge is -2.24. The highest BCUT2D eigenvalue weighted by atomic mass is 32.2. The first-order valence-corrected chi connectivity index (χ1v) is 7.13. The summed E-state index contributed by atoms with van der Waals surface area (Å²) in [5, 5.41) is 3.30. The van der Waals surface area contributed by atoms with Crippen LogP contribution in [-0.2, 0) is 10.8 Å². The summed E-state index contributed by atoms with van der Waals surface area (Å²) in [4.78, 5) is 0.793. The lowest BCUT2D eigenvalue weighted by Crippen LogP contribution is -2.34. The van der Waals surface area contributed by atoms with E-state index in [1.54, 1.807) is 6.26 Å². The van der Waals surface area contributed by atoms with Crippen molar-refractivity contribution in [2.75, 3.05) is 19.3 Å². The van der Waals surface area contributed by atoms with Crippen molar-refractivity contribution in [2.45, 2.75) is 23.8 Å². The van der Waals surface area contributed by atoms with Gasteiger partial charge in [0.15, 0.2) is 0 Å². The fourth-order valence-electron chi connectivity index (χ4n) is 1.88. The van der Waals surface area contributed by atoms with Gasteiger partial charge in [0.05, 0.1) is 15.7 Å². The molecule has 1 heterocycles. The van der Waals surface area contributed by atoms with Crippen LogP contribution in [0.3, 0.4) is 0 Å². The molecule has 1 aliphatic heterocycles. The van der Waals surface area contributed by atoms with Crippen molar-refractivity contribution < 1.29 is 8.95 Å². The Morgan fingerprint density at radius 3 is 2.69 bits per heavy atom. The van der Waals surface area contributed by atoms with Crippen LogP contribution < -0.4 is 10.1 Å². The van der Waals surface area contributed by atoms with Gasteiger partial charge in [-0.25, -0.2) is 0 Å². The zero-order chi connectivity index (χ0) is 11.4. The van der Waals surface area contributed by atoms with E-state index in [4.69, 9.17) is 4.74 Å². The number of para-hydroxylation sites is 1. The fraction of sp³-hybridized carbons (Fsp3) is 0.500. The van der Waals surface area contributed by atoms with E-state index in [0.29, 0.717) is 0 Å². The first-order chi connectivity index (χ1) is 7.77. The molecule has 0 saturated carbocycles. The molecule has 1 N–H and O–H groups in total. The van der Waals surface area contributed by atoms with Crippen LogP contribution in [0.1, 0.15) is 12.8 Å². The molecule has 16 heavy (non-hydrogen) atoms. The van der Waals surface area contributed by atoms with Crippen LogP contribution in [0.25, 0.3) is 0 Å². The van der Waals surface area contributed by atoms with E-state index in [-0.39, 0.29) is 6.10 Å². The van der Waals surface area contributed by atoms with Gasteiger partial charge >= 0.3 is 0 Å². The molecule has 0 aliphatic carbocycles. The average Bonchev–Trinajstić information content (AvgIpc) is 2.31. The van der Waals surface area contributed by atoms with Gasteiger partial charge in [-0.05, 0) is 38.1 Å². The molecule has 0 bridgehead atoms. The minimum Gasteiger partial charge on any atom is -0.489 e. The Hall–Kier alpha value is -0.870. The second-order valence-corrected chi connectivity index (χ2v) is 5.32. The fourth-order valence-corrected chi connectivity index (χ4v) is 2.55. The third-order valence-electron chi connectivity index (χ3n) is 2.74. The minimum absolute atomic E-state index is 0.256. The normalized spacial score (nSPS) is 19.3. The number of nitrogens with one attached hydrogen (secondary N) is 1. The molecule has 3 nitrogen and oxygen atoms in total. The summed E-state index contributed by atoms with van der Waals surface area (Å²) in [6, 6.07) is 7.59. The van der Waals surface area contributed by atoms with Crippen LogP contribution in [0.5, 0.6) is 5.75 Å². The molecule has 88 valence electrons. The summed E-state index contributed by atoms with van der Waals surface area (Å²) in [6.07, 6.45) is 3.98. The largest absolute Gasteiger partial charge is 0.489 e. The Bertz CT molecular complexity index is 375. The van der Waals surface area contributed by atoms with Crippen LogP contribution in [0.4, 0.5) is 0 Å². The molecular weight excluding hydrogens is 222 g/mol. The van der Waals surface area contributed by atoms with Crippen LogP contribution in [0, 0.1) is 0 Å². The second kappa shape index (κ2) is 5.46. The summed E-state index contributed by atoms with van der Waals surface area (Å²) in [6.45, 7) is 2.00. The quantitative estimate of drug-likeness (QED) is 0.870. The van der Waals surface area contributed by atoms with Gasteiger partial charge in [0.25, 0.3) is 0 Å². The van der Waals surface area contributed by atoms with E-state index < -0.39 is 10.8 Å². The van der Waals surface area contributed by atoms with Gasteiger partial charge in [-0.3, -0.25) is 4.21 Å². The van der Waals surface area contributed by atoms with Gasteiger partial charge in [-0.15, -0.1) is 0 Å². The number of piperidine rings is 1. The predicted octanol–water partition coefficient (Wildman–Crippen LogP) is 1.55. The van der Waals surface area contributed by atoms with Crippen LogP contribution in [0.2, 0.25) is 0 Å². The molecule has 1 aliphatic rings. The van der Waals surface area contributed by atoms with E-state index >= 15 is 0 Å². The molecule has 2 rings (SSSR count). The maximum atomic E-state index is 11.5. The first-order valence-electron chi connectivity index (χ1n) is 5.57. The van der Waals surface area contributed by atoms with Crippen molar-refractivity contribution in [3.05, 3.63) is 24.3 Å². The van der Waals surface area contributed by atoms with E-state index in [0.717, 1.165) is 36.6 Å². The van der Waals surface area contributed by atoms with Crippen LogP contribution >= 0.6 is 0 Å². The van der Waals surface area contributed by atoms with E-state index in [1.165, 1.54) is 0 Å². The Morgan fingerprint density at radius 1 is 1.31 bits per heavy atom. The SMILES string of the molecule is CS(=O)c1ccccc1OC1CCNCC1. The molecule has 0 aromatic heterocycles. The molecule has 1 saturated heterocycles. The third-order valence-corrected chi connectivity index (χ3v) is 3.70. The van der Waals surface area contributed by atoms with Crippen molar-refractivity contribution >= 4 is 10.8 Å². The first kappa shape index (κ1) is 11.6. The second-order valence-electron chi connectivity index (χ2n) is 3.97. The Kier molecular flexibility index (Phi) is 3.96. The van der Waals surface area contributed by atoms with Gasteiger partial charge in [0.2, 0.25) is 0 Å². The Balaban J connectivity index is 2.10. The molecule has 1 unspecified atom stereocenters. The maximum Gasteiger partial charge on any atom is 0.135 e. The Labute approximate surface area is 98.7 Å². The van der Waals surface area contributed by atoms with Crippen LogP contribution in [-0.4, -0.2) is 29.7 Å². The lowest BCUT2D eigenvalue weighted by molar-refractivity contribution is 0.158. The summed E-state index contributed by atoms with van der Waals surface area (Å²) in [5.41, 5.74) is 0. The Morgan fingerprint density at radius 2 is 2.00 bits per heavy atom. The van der Waals surface area contributed by atoms with Gasteiger partial charge < -0.3 is 10.1 Å². The predicted molar refractivity (Wildman–Crippen MR) is 65.3 cm³/mol. The highest BCUT2D eigenvalue weighted by Crippen LogP contribution is 2.24. The lowest BCUT2D eigenvalue weighted by atomic mass is 10.1. The summed E-state index contributed by atoms with van der Waals surface area (Å²) in [7, 11) is -0.985. The standard InChI is InChI=1S/C12H17NO2S/c1-16(14)12-5-3-2-4-11(12)15-10-6-8-13-9-7-10/h2-5,10,13H,6-9H2,1H3. The maximum absolute atomic E-state index is 11.5. The monoisotopic (exact) mass is 239 g/mol. The van der Waals surface area contributed by atoms with Crippen molar-refractivity contribution in [1.29, 1.82) is 0 Å². The number of hydrogen-bond donors (Lipinski definition) is 1. The van der Waals surface area contributed by atoms with Gasteiger partial charge in [-0.2, -0.15) is 0 Å². The summed E-state index contributed by atoms with van der Waals surface area (Å²) in [5.74, 6) is 0.773. The highest BCUT2D eigenvalue weighted by Gasteiger charge is 2.16. The van der Waals surface area contributed by atoms with Crippen molar-refractivity contribution in [1.82, 2.24) is 5.32 Å². The molecule has 1 aromatic rings. The zero-order valence-corrected chi connectivity index (χ0v) is 10.3. The molecule has 1 atom stereocenters. The van der Waals surface area contributed by atoms with Crippen molar-refractivity contribution in [2.24, 2.45) is 0 Å². The highest BCUT2D eigenvalue weighted by molar-refractivity contribution is 7.84. The van der Waals surface area contributed by atoms with Gasteiger partial charge in [-0.1, -0.05) is 12.1 Å². The third kappa shape index (κ3) is 2.83. The van der Waals surface area contributed by atoms with Gasteiger partial charge in [0.1, 0.15) is 11.9 Å². The molecule has 0 amide bonds. The van der Waals surface area contributed by atoms with E-state index in [1.807, 2.05) is 24.3 Å². The van der Waals surface area contributed by atoms with Gasteiger partial charge in [0, 0.05) is 6.26 Å². The summed E-state index contributed by atoms with van der Waals surface area (Å²) < 4.78 is 17.4. The molecule has 1 fully saturated rings. The van der Waals surface area contributed by atoms with Crippen molar-refractivity contribution in [3.63, 3.8) is 0 Å². The topological polar surface area (TPSA) is 38.3 Å². The average molecular weight is 239 g/mol. The van der Waals surface area contributed by atoms with E-state index in [9.17, 15) is 4.21 Å². The van der Waals surface area contributed by atoms with E-state index in [2.05, 4.69) is 5.32 Å². The smallest absolute Gasteiger partial charge is 0.135 e. The number of benzene rings is 1. The molecule has 1 aromatic carbocycles. The minimum atomic E-state index is -0.985. The zero-order valence-electron chi connectivity index (χ0n) is 9.44. The number of rotatable bonds is 3. The summed E-state index contributed by atoms with van der Waals surface area (Å²) >= 11 is 0. The number of ether oxygens (including phenoxy) is 1. The molecular formula is C12H17NO2S.